The van der Waals surface area contributed by atoms with Crippen LogP contribution in [-0.2, 0) is 4.79 Å². The number of esters is 1. The maximum absolute atomic E-state index is 13.7. The zero-order chi connectivity index (χ0) is 19.2. The van der Waals surface area contributed by atoms with Crippen molar-refractivity contribution in [1.29, 1.82) is 5.26 Å². The Morgan fingerprint density at radius 1 is 1.11 bits per heavy atom. The highest BCUT2D eigenvalue weighted by Gasteiger charge is 2.33. The lowest BCUT2D eigenvalue weighted by molar-refractivity contribution is -0.140. The summed E-state index contributed by atoms with van der Waals surface area (Å²) in [5.41, 5.74) is 1.14. The average molecular weight is 420 g/mol. The molecule has 0 radical (unpaired) electrons. The molecule has 0 bridgehead atoms. The number of carbonyl (C=O) groups is 1. The Kier molecular flexibility index (Phi) is 7.44. The van der Waals surface area contributed by atoms with Crippen LogP contribution in [0.1, 0.15) is 56.9 Å². The minimum absolute atomic E-state index is 0.0314. The van der Waals surface area contributed by atoms with Crippen LogP contribution in [0.2, 0.25) is 5.54 Å². The summed E-state index contributed by atoms with van der Waals surface area (Å²) in [4.78, 5) is 12.4. The van der Waals surface area contributed by atoms with Gasteiger partial charge >= 0.3 is 5.97 Å². The highest BCUT2D eigenvalue weighted by molar-refractivity contribution is 7.24. The lowest BCUT2D eigenvalue weighted by Gasteiger charge is -2.37. The Hall–Kier alpha value is -1.24. The number of rotatable bonds is 5. The minimum atomic E-state index is -0.641. The Labute approximate surface area is 168 Å². The number of halogens is 1. The Morgan fingerprint density at radius 2 is 1.74 bits per heavy atom. The van der Waals surface area contributed by atoms with E-state index in [-0.39, 0.29) is 23.2 Å². The van der Waals surface area contributed by atoms with Crippen molar-refractivity contribution in [3.05, 3.63) is 29.6 Å². The quantitative estimate of drug-likeness (QED) is 0.416. The molecule has 1 aromatic carbocycles. The molecule has 0 aliphatic heterocycles. The summed E-state index contributed by atoms with van der Waals surface area (Å²) in [6, 6.07) is 5.76. The van der Waals surface area contributed by atoms with Gasteiger partial charge in [0.05, 0.1) is 11.5 Å². The highest BCUT2D eigenvalue weighted by Crippen LogP contribution is 2.42. The van der Waals surface area contributed by atoms with Gasteiger partial charge in [-0.15, -0.1) is 0 Å². The first-order valence-electron chi connectivity index (χ1n) is 10.5. The minimum Gasteiger partial charge on any atom is -0.426 e. The Balaban J connectivity index is 1.46. The van der Waals surface area contributed by atoms with Crippen LogP contribution in [0.5, 0.6) is 5.75 Å². The molecule has 2 fully saturated rings. The maximum Gasteiger partial charge on any atom is 0.314 e. The smallest absolute Gasteiger partial charge is 0.314 e. The average Bonchev–Trinajstić information content (AvgIpc) is 2.69. The first kappa shape index (κ1) is 20.5. The van der Waals surface area contributed by atoms with Crippen molar-refractivity contribution in [1.82, 2.24) is 0 Å². The number of hydrogen-bond acceptors (Lipinski definition) is 3. The third-order valence-electron chi connectivity index (χ3n) is 6.64. The third kappa shape index (κ3) is 5.40. The fourth-order valence-corrected chi connectivity index (χ4v) is 18.4. The van der Waals surface area contributed by atoms with E-state index >= 15 is 0 Å². The molecule has 2 saturated carbocycles. The molecule has 0 unspecified atom stereocenters. The molecule has 1 aromatic rings. The molecule has 0 saturated heterocycles. The molecule has 2 aliphatic rings. The second kappa shape index (κ2) is 9.80. The van der Waals surface area contributed by atoms with E-state index in [0.717, 1.165) is 43.6 Å². The van der Waals surface area contributed by atoms with E-state index in [4.69, 9.17) is 10.00 Å². The summed E-state index contributed by atoms with van der Waals surface area (Å²) in [6.07, 6.45) is 9.90. The van der Waals surface area contributed by atoms with Gasteiger partial charge in [0, 0.05) is 15.1 Å². The van der Waals surface area contributed by atoms with E-state index < -0.39 is 5.82 Å². The van der Waals surface area contributed by atoms with Crippen LogP contribution in [0, 0.1) is 34.9 Å². The molecular formula is C20H30FNO2Si3. The van der Waals surface area contributed by atoms with Crippen molar-refractivity contribution in [2.45, 2.75) is 56.9 Å². The van der Waals surface area contributed by atoms with Crippen LogP contribution >= 0.6 is 0 Å². The van der Waals surface area contributed by atoms with Crippen molar-refractivity contribution in [2.24, 2.45) is 17.8 Å². The molecular weight excluding hydrogens is 389 g/mol. The van der Waals surface area contributed by atoms with E-state index in [9.17, 15) is 9.18 Å². The topological polar surface area (TPSA) is 50.1 Å². The highest BCUT2D eigenvalue weighted by atomic mass is 29.5. The maximum atomic E-state index is 13.7. The van der Waals surface area contributed by atoms with Gasteiger partial charge < -0.3 is 4.74 Å². The van der Waals surface area contributed by atoms with Gasteiger partial charge in [-0.25, -0.2) is 4.39 Å². The molecule has 0 heterocycles. The lowest BCUT2D eigenvalue weighted by atomic mass is 9.71. The normalized spacial score (nSPS) is 29.3. The first-order chi connectivity index (χ1) is 13.1. The van der Waals surface area contributed by atoms with E-state index in [2.05, 4.69) is 0 Å². The summed E-state index contributed by atoms with van der Waals surface area (Å²) < 4.78 is 19.0. The van der Waals surface area contributed by atoms with Gasteiger partial charge in [-0.3, -0.25) is 4.79 Å². The van der Waals surface area contributed by atoms with Gasteiger partial charge in [0.1, 0.15) is 17.6 Å². The number of carbonyl (C=O) groups excluding carboxylic acids is 1. The Bertz CT molecular complexity index is 693. The monoisotopic (exact) mass is 419 g/mol. The van der Waals surface area contributed by atoms with Crippen LogP contribution < -0.4 is 4.74 Å². The zero-order valence-corrected chi connectivity index (χ0v) is 21.1. The molecule has 27 heavy (non-hydrogen) atoms. The summed E-state index contributed by atoms with van der Waals surface area (Å²) in [6.45, 7) is 0. The van der Waals surface area contributed by atoms with Crippen LogP contribution in [0.3, 0.4) is 0 Å². The second-order valence-electron chi connectivity index (χ2n) is 8.36. The molecule has 0 atom stereocenters. The molecule has 0 N–H and O–H groups in total. The first-order valence-corrected chi connectivity index (χ1v) is 21.0. The van der Waals surface area contributed by atoms with E-state index in [1.165, 1.54) is 53.1 Å². The molecule has 0 spiro atoms. The molecule has 0 amide bonds. The predicted octanol–water partition coefficient (Wildman–Crippen LogP) is 1.92. The van der Waals surface area contributed by atoms with Gasteiger partial charge in [0.25, 0.3) is 0 Å². The number of hydrogen-bond donors (Lipinski definition) is 0. The molecule has 3 nitrogen and oxygen atoms in total. The van der Waals surface area contributed by atoms with Crippen molar-refractivity contribution >= 4 is 33.3 Å². The van der Waals surface area contributed by atoms with Crippen molar-refractivity contribution in [3.8, 4) is 11.8 Å². The van der Waals surface area contributed by atoms with E-state index in [1.54, 1.807) is 6.07 Å². The largest absolute Gasteiger partial charge is 0.426 e. The Morgan fingerprint density at radius 3 is 2.30 bits per heavy atom. The summed E-state index contributed by atoms with van der Waals surface area (Å²) in [5, 5.41) is 8.78. The summed E-state index contributed by atoms with van der Waals surface area (Å²) in [7, 11) is 2.36. The fourth-order valence-electron chi connectivity index (χ4n) is 5.03. The molecule has 2 aliphatic carbocycles. The van der Waals surface area contributed by atoms with E-state index in [1.807, 2.05) is 0 Å². The van der Waals surface area contributed by atoms with Crippen LogP contribution in [0.4, 0.5) is 4.39 Å². The molecule has 3 rings (SSSR count). The SMILES string of the molecule is N#Cc1ccc(OC(=O)[C@H]2CC[C@H]([C@H]3CC[C@H]([SiH2][SiH2][SiH3])CC3)CC2)cc1F. The number of ether oxygens (including phenoxy) is 1. The van der Waals surface area contributed by atoms with Gasteiger partial charge in [-0.05, 0) is 68.0 Å². The number of benzene rings is 1. The van der Waals surface area contributed by atoms with Crippen LogP contribution in [0.15, 0.2) is 18.2 Å². The van der Waals surface area contributed by atoms with Crippen molar-refractivity contribution < 1.29 is 13.9 Å². The summed E-state index contributed by atoms with van der Waals surface area (Å²) in [5.74, 6) is 0.916. The van der Waals surface area contributed by atoms with Crippen molar-refractivity contribution in [2.75, 3.05) is 0 Å². The van der Waals surface area contributed by atoms with Gasteiger partial charge in [0.15, 0.2) is 0 Å². The van der Waals surface area contributed by atoms with Crippen LogP contribution in [0.25, 0.3) is 0 Å². The van der Waals surface area contributed by atoms with Gasteiger partial charge in [-0.1, -0.05) is 31.2 Å². The third-order valence-corrected chi connectivity index (χ3v) is 18.2. The second-order valence-corrected chi connectivity index (χ2v) is 24.8. The zero-order valence-electron chi connectivity index (χ0n) is 16.3. The predicted molar refractivity (Wildman–Crippen MR) is 115 cm³/mol. The molecule has 7 heteroatoms. The molecule has 0 aromatic heterocycles. The standard InChI is InChI=1S/C20H30FNO2Si3/c21-19-11-17(8-5-16(19)12-22)24-20(23)15-3-1-13(2-4-15)14-6-9-18(10-7-14)26-27-25/h5,8,11,13-15,18H,1-4,6-7,9-10,26-27H2,25H3/t13-,14-,15-,18-. The number of nitriles is 1. The fraction of sp³-hybridized carbons (Fsp3) is 0.600. The molecule has 146 valence electrons. The lowest BCUT2D eigenvalue weighted by Crippen LogP contribution is -2.30. The van der Waals surface area contributed by atoms with Gasteiger partial charge in [0.2, 0.25) is 0 Å². The van der Waals surface area contributed by atoms with E-state index in [0.29, 0.717) is 17.6 Å². The van der Waals surface area contributed by atoms with Crippen LogP contribution in [-0.4, -0.2) is 33.3 Å². The number of nitrogens with zero attached hydrogens (tertiary/aromatic N) is 1. The van der Waals surface area contributed by atoms with Gasteiger partial charge in [-0.2, -0.15) is 5.26 Å². The summed E-state index contributed by atoms with van der Waals surface area (Å²) >= 11 is 0. The van der Waals surface area contributed by atoms with Crippen molar-refractivity contribution in [3.63, 3.8) is 0 Å².